The van der Waals surface area contributed by atoms with E-state index < -0.39 is 0 Å². The summed E-state index contributed by atoms with van der Waals surface area (Å²) >= 11 is 1.99. The summed E-state index contributed by atoms with van der Waals surface area (Å²) in [5.41, 5.74) is 2.46. The molecule has 0 radical (unpaired) electrons. The summed E-state index contributed by atoms with van der Waals surface area (Å²) in [6.45, 7) is 3.08. The molecule has 2 N–H and O–H groups in total. The SMILES string of the molecule is CCSC1CCCC1NC(=O)C1NCCc2ccccc21. The fraction of sp³-hybridized carbons (Fsp3) is 0.588. The number of carbonyl (C=O) groups excluding carboxylic acids is 1. The topological polar surface area (TPSA) is 41.1 Å². The van der Waals surface area contributed by atoms with Crippen molar-refractivity contribution in [2.75, 3.05) is 12.3 Å². The van der Waals surface area contributed by atoms with E-state index in [0.29, 0.717) is 11.3 Å². The van der Waals surface area contributed by atoms with Gasteiger partial charge in [-0.2, -0.15) is 11.8 Å². The molecule has 1 aliphatic heterocycles. The van der Waals surface area contributed by atoms with Crippen LogP contribution in [0.4, 0.5) is 0 Å². The van der Waals surface area contributed by atoms with E-state index in [1.54, 1.807) is 0 Å². The van der Waals surface area contributed by atoms with Crippen LogP contribution in [-0.4, -0.2) is 29.5 Å². The molecule has 3 unspecified atom stereocenters. The van der Waals surface area contributed by atoms with Crippen molar-refractivity contribution in [3.8, 4) is 0 Å². The second-order valence-electron chi connectivity index (χ2n) is 5.88. The van der Waals surface area contributed by atoms with Crippen LogP contribution in [0.3, 0.4) is 0 Å². The first-order valence-electron chi connectivity index (χ1n) is 8.02. The predicted molar refractivity (Wildman–Crippen MR) is 88.6 cm³/mol. The van der Waals surface area contributed by atoms with E-state index in [0.717, 1.165) is 30.7 Å². The van der Waals surface area contributed by atoms with Gasteiger partial charge in [0.15, 0.2) is 0 Å². The molecule has 1 amide bonds. The highest BCUT2D eigenvalue weighted by molar-refractivity contribution is 7.99. The summed E-state index contributed by atoms with van der Waals surface area (Å²) in [7, 11) is 0. The van der Waals surface area contributed by atoms with Crippen LogP contribution in [0.2, 0.25) is 0 Å². The largest absolute Gasteiger partial charge is 0.351 e. The zero-order valence-electron chi connectivity index (χ0n) is 12.6. The normalized spacial score (nSPS) is 28.1. The van der Waals surface area contributed by atoms with E-state index in [1.807, 2.05) is 17.8 Å². The average molecular weight is 304 g/mol. The van der Waals surface area contributed by atoms with Crippen molar-refractivity contribution in [2.45, 2.75) is 49.9 Å². The lowest BCUT2D eigenvalue weighted by Gasteiger charge is -2.28. The third-order valence-electron chi connectivity index (χ3n) is 4.53. The van der Waals surface area contributed by atoms with Gasteiger partial charge in [-0.05, 0) is 36.1 Å². The quantitative estimate of drug-likeness (QED) is 0.898. The molecule has 3 rings (SSSR count). The number of carbonyl (C=O) groups is 1. The molecule has 1 heterocycles. The smallest absolute Gasteiger partial charge is 0.242 e. The Hall–Kier alpha value is -1.00. The third kappa shape index (κ3) is 3.27. The molecular formula is C17H24N2OS. The minimum atomic E-state index is -0.178. The lowest BCUT2D eigenvalue weighted by molar-refractivity contribution is -0.124. The Labute approximate surface area is 131 Å². The zero-order valence-corrected chi connectivity index (χ0v) is 13.4. The first-order valence-corrected chi connectivity index (χ1v) is 9.07. The molecule has 0 bridgehead atoms. The van der Waals surface area contributed by atoms with Crippen LogP contribution in [0.25, 0.3) is 0 Å². The Bertz CT molecular complexity index is 505. The summed E-state index contributed by atoms with van der Waals surface area (Å²) in [5, 5.41) is 7.27. The van der Waals surface area contributed by atoms with Gasteiger partial charge in [-0.1, -0.05) is 37.6 Å². The van der Waals surface area contributed by atoms with Crippen molar-refractivity contribution >= 4 is 17.7 Å². The molecule has 1 aromatic rings. The van der Waals surface area contributed by atoms with Gasteiger partial charge in [0, 0.05) is 17.8 Å². The monoisotopic (exact) mass is 304 g/mol. The molecule has 2 aliphatic rings. The lowest BCUT2D eigenvalue weighted by atomic mass is 9.94. The summed E-state index contributed by atoms with van der Waals surface area (Å²) in [6, 6.07) is 8.48. The van der Waals surface area contributed by atoms with Gasteiger partial charge in [0.25, 0.3) is 0 Å². The van der Waals surface area contributed by atoms with Crippen LogP contribution in [0.15, 0.2) is 24.3 Å². The number of amides is 1. The van der Waals surface area contributed by atoms with Gasteiger partial charge in [0.1, 0.15) is 6.04 Å². The van der Waals surface area contributed by atoms with Crippen LogP contribution in [-0.2, 0) is 11.2 Å². The summed E-state index contributed by atoms with van der Waals surface area (Å²) in [5.74, 6) is 1.28. The van der Waals surface area contributed by atoms with Crippen molar-refractivity contribution in [3.05, 3.63) is 35.4 Å². The van der Waals surface area contributed by atoms with E-state index >= 15 is 0 Å². The molecule has 0 saturated heterocycles. The van der Waals surface area contributed by atoms with Crippen molar-refractivity contribution < 1.29 is 4.79 Å². The van der Waals surface area contributed by atoms with Crippen molar-refractivity contribution in [1.29, 1.82) is 0 Å². The molecule has 0 aromatic heterocycles. The van der Waals surface area contributed by atoms with Crippen LogP contribution in [0, 0.1) is 0 Å². The number of nitrogens with one attached hydrogen (secondary N) is 2. The Balaban J connectivity index is 1.69. The van der Waals surface area contributed by atoms with Crippen molar-refractivity contribution in [3.63, 3.8) is 0 Å². The molecule has 1 aromatic carbocycles. The number of benzene rings is 1. The first kappa shape index (κ1) is 14.9. The summed E-state index contributed by atoms with van der Waals surface area (Å²) in [4.78, 5) is 12.7. The highest BCUT2D eigenvalue weighted by Gasteiger charge is 2.32. The minimum Gasteiger partial charge on any atom is -0.351 e. The van der Waals surface area contributed by atoms with E-state index in [1.165, 1.54) is 18.4 Å². The Morgan fingerprint density at radius 2 is 2.24 bits per heavy atom. The number of hydrogen-bond donors (Lipinski definition) is 2. The molecule has 3 atom stereocenters. The molecule has 114 valence electrons. The minimum absolute atomic E-state index is 0.149. The fourth-order valence-corrected chi connectivity index (χ4v) is 4.71. The van der Waals surface area contributed by atoms with Gasteiger partial charge in [-0.25, -0.2) is 0 Å². The Morgan fingerprint density at radius 3 is 3.10 bits per heavy atom. The highest BCUT2D eigenvalue weighted by Crippen LogP contribution is 2.31. The van der Waals surface area contributed by atoms with Gasteiger partial charge in [0.05, 0.1) is 0 Å². The first-order chi connectivity index (χ1) is 10.3. The van der Waals surface area contributed by atoms with Crippen LogP contribution < -0.4 is 10.6 Å². The average Bonchev–Trinajstić information content (AvgIpc) is 2.94. The fourth-order valence-electron chi connectivity index (χ4n) is 3.51. The maximum atomic E-state index is 12.7. The molecule has 4 heteroatoms. The van der Waals surface area contributed by atoms with Crippen LogP contribution >= 0.6 is 11.8 Å². The van der Waals surface area contributed by atoms with E-state index in [9.17, 15) is 4.79 Å². The van der Waals surface area contributed by atoms with E-state index in [4.69, 9.17) is 0 Å². The lowest BCUT2D eigenvalue weighted by Crippen LogP contribution is -2.46. The second-order valence-corrected chi connectivity index (χ2v) is 7.39. The Kier molecular flexibility index (Phi) is 4.86. The molecule has 0 spiro atoms. The van der Waals surface area contributed by atoms with Gasteiger partial charge in [0.2, 0.25) is 5.91 Å². The van der Waals surface area contributed by atoms with E-state index in [2.05, 4.69) is 35.8 Å². The number of thioether (sulfide) groups is 1. The Morgan fingerprint density at radius 1 is 1.38 bits per heavy atom. The zero-order chi connectivity index (χ0) is 14.7. The number of fused-ring (bicyclic) bond motifs is 1. The molecular weight excluding hydrogens is 280 g/mol. The van der Waals surface area contributed by atoms with Crippen LogP contribution in [0.5, 0.6) is 0 Å². The van der Waals surface area contributed by atoms with Crippen molar-refractivity contribution in [2.24, 2.45) is 0 Å². The maximum absolute atomic E-state index is 12.7. The third-order valence-corrected chi connectivity index (χ3v) is 5.86. The molecule has 3 nitrogen and oxygen atoms in total. The summed E-state index contributed by atoms with van der Waals surface area (Å²) in [6.07, 6.45) is 4.60. The van der Waals surface area contributed by atoms with Gasteiger partial charge in [-0.3, -0.25) is 4.79 Å². The standard InChI is InChI=1S/C17H24N2OS/c1-2-21-15-9-5-8-14(15)19-17(20)16-13-7-4-3-6-12(13)10-11-18-16/h3-4,6-7,14-16,18H,2,5,8-11H2,1H3,(H,19,20). The van der Waals surface area contributed by atoms with Gasteiger partial charge < -0.3 is 10.6 Å². The summed E-state index contributed by atoms with van der Waals surface area (Å²) < 4.78 is 0. The second kappa shape index (κ2) is 6.84. The predicted octanol–water partition coefficient (Wildman–Crippen LogP) is 2.66. The van der Waals surface area contributed by atoms with Crippen molar-refractivity contribution in [1.82, 2.24) is 10.6 Å². The highest BCUT2D eigenvalue weighted by atomic mass is 32.2. The van der Waals surface area contributed by atoms with E-state index in [-0.39, 0.29) is 11.9 Å². The number of hydrogen-bond acceptors (Lipinski definition) is 3. The molecule has 21 heavy (non-hydrogen) atoms. The molecule has 1 aliphatic carbocycles. The molecule has 1 saturated carbocycles. The number of rotatable bonds is 4. The van der Waals surface area contributed by atoms with Gasteiger partial charge >= 0.3 is 0 Å². The van der Waals surface area contributed by atoms with Gasteiger partial charge in [-0.15, -0.1) is 0 Å². The van der Waals surface area contributed by atoms with Crippen LogP contribution in [0.1, 0.15) is 43.4 Å². The molecule has 1 fully saturated rings. The maximum Gasteiger partial charge on any atom is 0.242 e.